The summed E-state index contributed by atoms with van der Waals surface area (Å²) in [7, 11) is 1.58. The van der Waals surface area contributed by atoms with Crippen LogP contribution in [0.5, 0.6) is 5.75 Å². The number of rotatable bonds is 6. The van der Waals surface area contributed by atoms with Crippen molar-refractivity contribution in [3.05, 3.63) is 68.9 Å². The summed E-state index contributed by atoms with van der Waals surface area (Å²) in [5.41, 5.74) is 2.68. The van der Waals surface area contributed by atoms with Crippen LogP contribution in [-0.2, 0) is 19.4 Å². The molecule has 0 atom stereocenters. The largest absolute Gasteiger partial charge is 0.495 e. The van der Waals surface area contributed by atoms with E-state index in [0.717, 1.165) is 47.6 Å². The molecule has 0 saturated carbocycles. The number of carbonyl (C=O) groups is 1. The molecule has 1 aliphatic carbocycles. The predicted octanol–water partition coefficient (Wildman–Crippen LogP) is 5.56. The third-order valence-corrected chi connectivity index (χ3v) is 6.38. The topological polar surface area (TPSA) is 63.8 Å². The smallest absolute Gasteiger partial charge is 0.255 e. The molecule has 0 spiro atoms. The van der Waals surface area contributed by atoms with Crippen molar-refractivity contribution >= 4 is 40.1 Å². The van der Waals surface area contributed by atoms with Gasteiger partial charge < -0.3 is 14.5 Å². The second-order valence-electron chi connectivity index (χ2n) is 6.81. The number of fused-ring (bicyclic) bond motifs is 1. The van der Waals surface area contributed by atoms with Crippen molar-refractivity contribution in [1.29, 1.82) is 0 Å². The van der Waals surface area contributed by atoms with E-state index >= 15 is 0 Å². The lowest BCUT2D eigenvalue weighted by Crippen LogP contribution is -2.23. The third kappa shape index (κ3) is 4.38. The minimum absolute atomic E-state index is 0.110. The zero-order valence-electron chi connectivity index (χ0n) is 16.0. The Morgan fingerprint density at radius 1 is 1.34 bits per heavy atom. The lowest BCUT2D eigenvalue weighted by Gasteiger charge is -2.12. The van der Waals surface area contributed by atoms with Crippen LogP contribution in [0.3, 0.4) is 0 Å². The molecule has 0 saturated heterocycles. The molecular weight excluding hydrogens is 408 g/mol. The maximum atomic E-state index is 13.0. The molecule has 29 heavy (non-hydrogen) atoms. The monoisotopic (exact) mass is 428 g/mol. The average molecular weight is 429 g/mol. The number of ether oxygens (including phenoxy) is 1. The zero-order chi connectivity index (χ0) is 20.2. The van der Waals surface area contributed by atoms with Crippen LogP contribution in [0, 0.1) is 0 Å². The van der Waals surface area contributed by atoms with Crippen molar-refractivity contribution in [2.75, 3.05) is 7.11 Å². The van der Waals surface area contributed by atoms with Gasteiger partial charge in [-0.25, -0.2) is 4.99 Å². The minimum atomic E-state index is -0.110. The number of benzene rings is 1. The first kappa shape index (κ1) is 19.7. The summed E-state index contributed by atoms with van der Waals surface area (Å²) >= 11 is 7.81. The molecule has 5 nitrogen and oxygen atoms in total. The number of thiophene rings is 1. The van der Waals surface area contributed by atoms with Crippen LogP contribution in [0.15, 0.2) is 46.0 Å². The van der Waals surface area contributed by atoms with Gasteiger partial charge in [-0.05, 0) is 67.1 Å². The maximum Gasteiger partial charge on any atom is 0.255 e. The summed E-state index contributed by atoms with van der Waals surface area (Å²) in [5, 5.41) is 4.23. The molecule has 4 rings (SSSR count). The van der Waals surface area contributed by atoms with E-state index in [1.54, 1.807) is 43.1 Å². The second-order valence-corrected chi connectivity index (χ2v) is 8.30. The molecule has 0 bridgehead atoms. The Labute approximate surface area is 178 Å². The molecule has 1 amide bonds. The van der Waals surface area contributed by atoms with Gasteiger partial charge in [0.1, 0.15) is 16.5 Å². The molecule has 0 aliphatic heterocycles. The van der Waals surface area contributed by atoms with E-state index in [2.05, 4.69) is 10.3 Å². The van der Waals surface area contributed by atoms with E-state index in [9.17, 15) is 4.79 Å². The Bertz CT molecular complexity index is 1040. The van der Waals surface area contributed by atoms with Gasteiger partial charge in [-0.15, -0.1) is 11.3 Å². The number of nitrogens with zero attached hydrogens (tertiary/aromatic N) is 1. The molecule has 3 aromatic rings. The summed E-state index contributed by atoms with van der Waals surface area (Å²) in [5.74, 6) is 1.23. The fourth-order valence-corrected chi connectivity index (χ4v) is 4.94. The molecule has 0 unspecified atom stereocenters. The van der Waals surface area contributed by atoms with Crippen molar-refractivity contribution in [3.8, 4) is 5.75 Å². The Kier molecular flexibility index (Phi) is 6.02. The van der Waals surface area contributed by atoms with E-state index in [1.165, 1.54) is 4.88 Å². The summed E-state index contributed by atoms with van der Waals surface area (Å²) in [4.78, 5) is 18.9. The van der Waals surface area contributed by atoms with Gasteiger partial charge in [0, 0.05) is 11.1 Å². The van der Waals surface area contributed by atoms with Crippen molar-refractivity contribution in [2.45, 2.75) is 32.2 Å². The lowest BCUT2D eigenvalue weighted by atomic mass is 9.95. The van der Waals surface area contributed by atoms with Gasteiger partial charge in [0.05, 0.1) is 30.5 Å². The second kappa shape index (κ2) is 8.84. The van der Waals surface area contributed by atoms with Gasteiger partial charge in [-0.1, -0.05) is 11.6 Å². The summed E-state index contributed by atoms with van der Waals surface area (Å²) in [6, 6.07) is 9.14. The quantitative estimate of drug-likeness (QED) is 0.522. The highest BCUT2D eigenvalue weighted by Crippen LogP contribution is 2.40. The van der Waals surface area contributed by atoms with Gasteiger partial charge in [-0.2, -0.15) is 0 Å². The van der Waals surface area contributed by atoms with E-state index < -0.39 is 0 Å². The lowest BCUT2D eigenvalue weighted by molar-refractivity contribution is 0.0948. The number of methoxy groups -OCH3 is 1. The van der Waals surface area contributed by atoms with Gasteiger partial charge >= 0.3 is 0 Å². The molecular formula is C22H21ClN2O3S. The number of hydrogen-bond acceptors (Lipinski definition) is 5. The van der Waals surface area contributed by atoms with Gasteiger partial charge in [0.15, 0.2) is 0 Å². The number of carbonyl (C=O) groups excluding carboxylic acids is 1. The number of furan rings is 1. The Hall–Kier alpha value is -2.57. The molecule has 1 N–H and O–H groups in total. The number of hydrogen-bond donors (Lipinski definition) is 1. The number of amides is 1. The van der Waals surface area contributed by atoms with E-state index in [1.807, 2.05) is 18.2 Å². The van der Waals surface area contributed by atoms with Crippen molar-refractivity contribution in [1.82, 2.24) is 5.32 Å². The van der Waals surface area contributed by atoms with Crippen LogP contribution in [0.1, 0.15) is 45.0 Å². The van der Waals surface area contributed by atoms with Crippen LogP contribution in [0.2, 0.25) is 5.02 Å². The number of aryl methyl sites for hydroxylation is 1. The third-order valence-electron chi connectivity index (χ3n) is 4.89. The van der Waals surface area contributed by atoms with Gasteiger partial charge in [-0.3, -0.25) is 4.79 Å². The van der Waals surface area contributed by atoms with Crippen molar-refractivity contribution < 1.29 is 13.9 Å². The summed E-state index contributed by atoms with van der Waals surface area (Å²) in [6.45, 7) is 0.355. The van der Waals surface area contributed by atoms with Crippen molar-refractivity contribution in [3.63, 3.8) is 0 Å². The minimum Gasteiger partial charge on any atom is -0.495 e. The molecule has 2 aromatic heterocycles. The molecule has 0 radical (unpaired) electrons. The van der Waals surface area contributed by atoms with E-state index in [0.29, 0.717) is 22.9 Å². The first-order valence-corrected chi connectivity index (χ1v) is 10.7. The highest BCUT2D eigenvalue weighted by molar-refractivity contribution is 7.16. The van der Waals surface area contributed by atoms with Crippen molar-refractivity contribution in [2.24, 2.45) is 4.99 Å². The Balaban J connectivity index is 1.61. The van der Waals surface area contributed by atoms with Crippen LogP contribution in [0.25, 0.3) is 0 Å². The molecule has 1 aromatic carbocycles. The molecule has 0 fully saturated rings. The van der Waals surface area contributed by atoms with Crippen LogP contribution < -0.4 is 10.1 Å². The fraction of sp³-hybridized carbons (Fsp3) is 0.273. The fourth-order valence-electron chi connectivity index (χ4n) is 3.44. The summed E-state index contributed by atoms with van der Waals surface area (Å²) in [6.07, 6.45) is 7.51. The van der Waals surface area contributed by atoms with Crippen LogP contribution in [-0.4, -0.2) is 19.2 Å². The normalized spacial score (nSPS) is 13.4. The number of halogens is 1. The van der Waals surface area contributed by atoms with Crippen LogP contribution >= 0.6 is 22.9 Å². The zero-order valence-corrected chi connectivity index (χ0v) is 17.6. The Morgan fingerprint density at radius 3 is 2.97 bits per heavy atom. The standard InChI is InChI=1S/C22H21ClN2O3S/c1-27-18-9-8-14(11-17(18)23)12-25-22-20(16-6-2-3-7-19(16)29-22)21(26)24-13-15-5-4-10-28-15/h4-5,8-12H,2-3,6-7,13H2,1H3,(H,24,26). The highest BCUT2D eigenvalue weighted by atomic mass is 35.5. The predicted molar refractivity (Wildman–Crippen MR) is 116 cm³/mol. The number of nitrogens with one attached hydrogen (secondary N) is 1. The molecule has 7 heteroatoms. The first-order valence-electron chi connectivity index (χ1n) is 9.48. The molecule has 1 aliphatic rings. The molecule has 150 valence electrons. The van der Waals surface area contributed by atoms with Gasteiger partial charge in [0.25, 0.3) is 5.91 Å². The van der Waals surface area contributed by atoms with E-state index in [-0.39, 0.29) is 5.91 Å². The maximum absolute atomic E-state index is 13.0. The Morgan fingerprint density at radius 2 is 2.21 bits per heavy atom. The highest BCUT2D eigenvalue weighted by Gasteiger charge is 2.25. The van der Waals surface area contributed by atoms with E-state index in [4.69, 9.17) is 20.8 Å². The summed E-state index contributed by atoms with van der Waals surface area (Å²) < 4.78 is 10.5. The first-order chi connectivity index (χ1) is 14.2. The SMILES string of the molecule is COc1ccc(C=Nc2sc3c(c2C(=O)NCc2ccco2)CCCC3)cc1Cl. The number of aliphatic imine (C=N–C) groups is 1. The average Bonchev–Trinajstić information content (AvgIpc) is 3.38. The van der Waals surface area contributed by atoms with Crippen LogP contribution in [0.4, 0.5) is 5.00 Å². The van der Waals surface area contributed by atoms with Gasteiger partial charge in [0.2, 0.25) is 0 Å². The molecule has 2 heterocycles.